The second-order valence-electron chi connectivity index (χ2n) is 4.68. The summed E-state index contributed by atoms with van der Waals surface area (Å²) < 4.78 is 0.834. The smallest absolute Gasteiger partial charge is 0.243 e. The monoisotopic (exact) mass is 389 g/mol. The van der Waals surface area contributed by atoms with Crippen molar-refractivity contribution in [3.63, 3.8) is 0 Å². The van der Waals surface area contributed by atoms with Crippen LogP contribution in [0.2, 0.25) is 0 Å². The summed E-state index contributed by atoms with van der Waals surface area (Å²) in [6.07, 6.45) is 1.46. The van der Waals surface area contributed by atoms with Crippen LogP contribution in [0.4, 0.5) is 5.69 Å². The van der Waals surface area contributed by atoms with Gasteiger partial charge in [0.15, 0.2) is 5.17 Å². The maximum absolute atomic E-state index is 12.0. The van der Waals surface area contributed by atoms with E-state index in [9.17, 15) is 9.90 Å². The molecule has 1 aliphatic rings. The van der Waals surface area contributed by atoms with E-state index in [1.54, 1.807) is 23.1 Å². The predicted octanol–water partition coefficient (Wildman–Crippen LogP) is 3.62. The van der Waals surface area contributed by atoms with Gasteiger partial charge in [-0.25, -0.2) is 0 Å². The van der Waals surface area contributed by atoms with Crippen LogP contribution in [0.15, 0.2) is 63.2 Å². The number of amidine groups is 1. The summed E-state index contributed by atoms with van der Waals surface area (Å²) in [4.78, 5) is 13.6. The second-order valence-corrected chi connectivity index (χ2v) is 6.54. The molecule has 0 aromatic heterocycles. The van der Waals surface area contributed by atoms with Crippen molar-refractivity contribution < 1.29 is 9.90 Å². The number of halogens is 1. The molecule has 2 aromatic rings. The van der Waals surface area contributed by atoms with Crippen molar-refractivity contribution in [3.8, 4) is 5.75 Å². The van der Waals surface area contributed by atoms with Gasteiger partial charge in [-0.1, -0.05) is 45.9 Å². The molecule has 1 amide bonds. The third-order valence-electron chi connectivity index (χ3n) is 3.11. The van der Waals surface area contributed by atoms with Crippen molar-refractivity contribution in [1.29, 1.82) is 0 Å². The molecule has 1 heterocycles. The molecule has 1 aliphatic heterocycles. The molecule has 2 aromatic carbocycles. The lowest BCUT2D eigenvalue weighted by atomic mass is 10.2. The lowest BCUT2D eigenvalue weighted by molar-refractivity contribution is -0.115. The van der Waals surface area contributed by atoms with E-state index in [1.807, 2.05) is 30.3 Å². The van der Waals surface area contributed by atoms with Crippen LogP contribution in [-0.2, 0) is 4.79 Å². The molecule has 5 nitrogen and oxygen atoms in total. The van der Waals surface area contributed by atoms with Crippen LogP contribution in [0.5, 0.6) is 5.75 Å². The number of phenolic OH excluding ortho intramolecular Hbond substituents is 1. The summed E-state index contributed by atoms with van der Waals surface area (Å²) in [5, 5.41) is 18.4. The Morgan fingerprint density at radius 3 is 2.78 bits per heavy atom. The van der Waals surface area contributed by atoms with E-state index in [-0.39, 0.29) is 11.7 Å². The maximum atomic E-state index is 12.0. The van der Waals surface area contributed by atoms with Gasteiger partial charge < -0.3 is 5.11 Å². The number of aromatic hydroxyl groups is 1. The zero-order valence-corrected chi connectivity index (χ0v) is 14.3. The Bertz CT molecular complexity index is 793. The zero-order chi connectivity index (χ0) is 16.2. The quantitative estimate of drug-likeness (QED) is 0.643. The first-order chi connectivity index (χ1) is 11.1. The van der Waals surface area contributed by atoms with Gasteiger partial charge in [0.2, 0.25) is 5.91 Å². The van der Waals surface area contributed by atoms with Gasteiger partial charge in [-0.3, -0.25) is 9.69 Å². The van der Waals surface area contributed by atoms with Crippen LogP contribution in [0.1, 0.15) is 5.56 Å². The number of thioether (sulfide) groups is 1. The Kier molecular flexibility index (Phi) is 4.78. The lowest BCUT2D eigenvalue weighted by Crippen LogP contribution is -2.28. The highest BCUT2D eigenvalue weighted by atomic mass is 79.9. The Balaban J connectivity index is 1.85. The first kappa shape index (κ1) is 15.8. The topological polar surface area (TPSA) is 65.3 Å². The molecule has 7 heteroatoms. The zero-order valence-electron chi connectivity index (χ0n) is 11.9. The molecule has 3 rings (SSSR count). The average Bonchev–Trinajstić information content (AvgIpc) is 2.92. The molecule has 0 radical (unpaired) electrons. The number of hydrogen-bond acceptors (Lipinski definition) is 5. The Hall–Kier alpha value is -2.12. The molecule has 0 saturated carbocycles. The van der Waals surface area contributed by atoms with E-state index < -0.39 is 0 Å². The molecule has 0 aliphatic carbocycles. The van der Waals surface area contributed by atoms with Crippen LogP contribution >= 0.6 is 27.7 Å². The largest absolute Gasteiger partial charge is 0.507 e. The highest BCUT2D eigenvalue weighted by molar-refractivity contribution is 9.10. The molecule has 116 valence electrons. The number of nitrogens with zero attached hydrogens (tertiary/aromatic N) is 3. The summed E-state index contributed by atoms with van der Waals surface area (Å²) in [5.74, 6) is 0.429. The van der Waals surface area contributed by atoms with E-state index >= 15 is 0 Å². The normalized spacial score (nSPS) is 16.7. The number of para-hydroxylation sites is 1. The summed E-state index contributed by atoms with van der Waals surface area (Å²) in [5.41, 5.74) is 1.31. The van der Waals surface area contributed by atoms with Crippen molar-refractivity contribution in [2.45, 2.75) is 0 Å². The molecule has 1 fully saturated rings. The fourth-order valence-electron chi connectivity index (χ4n) is 2.04. The van der Waals surface area contributed by atoms with Gasteiger partial charge in [-0.15, -0.1) is 5.10 Å². The van der Waals surface area contributed by atoms with Gasteiger partial charge in [0.1, 0.15) is 5.75 Å². The van der Waals surface area contributed by atoms with Crippen molar-refractivity contribution in [2.24, 2.45) is 10.2 Å². The number of rotatable bonds is 3. The van der Waals surface area contributed by atoms with Crippen LogP contribution in [0.25, 0.3) is 0 Å². The van der Waals surface area contributed by atoms with Crippen molar-refractivity contribution in [2.75, 3.05) is 10.7 Å². The molecular weight excluding hydrogens is 378 g/mol. The summed E-state index contributed by atoms with van der Waals surface area (Å²) in [7, 11) is 0. The number of carbonyl (C=O) groups excluding carboxylic acids is 1. The summed E-state index contributed by atoms with van der Waals surface area (Å²) in [6.45, 7) is 0. The van der Waals surface area contributed by atoms with Crippen molar-refractivity contribution in [1.82, 2.24) is 0 Å². The predicted molar refractivity (Wildman–Crippen MR) is 97.2 cm³/mol. The van der Waals surface area contributed by atoms with Gasteiger partial charge in [0.05, 0.1) is 17.7 Å². The molecule has 0 spiro atoms. The van der Waals surface area contributed by atoms with E-state index in [1.165, 1.54) is 18.0 Å². The van der Waals surface area contributed by atoms with E-state index in [2.05, 4.69) is 26.1 Å². The number of hydrogen-bond donors (Lipinski definition) is 1. The molecule has 0 atom stereocenters. The number of anilines is 1. The number of benzene rings is 2. The Labute approximate surface area is 145 Å². The average molecular weight is 390 g/mol. The second kappa shape index (κ2) is 6.97. The number of carbonyl (C=O) groups is 1. The molecule has 0 unspecified atom stereocenters. The van der Waals surface area contributed by atoms with Gasteiger partial charge in [0, 0.05) is 10.0 Å². The minimum absolute atomic E-state index is 0.0274. The van der Waals surface area contributed by atoms with Gasteiger partial charge in [-0.2, -0.15) is 5.10 Å². The third kappa shape index (κ3) is 3.62. The van der Waals surface area contributed by atoms with Gasteiger partial charge >= 0.3 is 0 Å². The van der Waals surface area contributed by atoms with Gasteiger partial charge in [0.25, 0.3) is 0 Å². The Morgan fingerprint density at radius 2 is 2.00 bits per heavy atom. The molecule has 1 saturated heterocycles. The minimum atomic E-state index is -0.0274. The number of amides is 1. The van der Waals surface area contributed by atoms with Crippen molar-refractivity contribution >= 4 is 50.7 Å². The highest BCUT2D eigenvalue weighted by Crippen LogP contribution is 2.26. The fourth-order valence-corrected chi connectivity index (χ4v) is 3.24. The molecule has 23 heavy (non-hydrogen) atoms. The van der Waals surface area contributed by atoms with Crippen LogP contribution < -0.4 is 4.90 Å². The minimum Gasteiger partial charge on any atom is -0.507 e. The third-order valence-corrected chi connectivity index (χ3v) is 4.52. The van der Waals surface area contributed by atoms with Crippen LogP contribution in [0, 0.1) is 0 Å². The maximum Gasteiger partial charge on any atom is 0.243 e. The van der Waals surface area contributed by atoms with Crippen molar-refractivity contribution in [3.05, 3.63) is 58.6 Å². The standard InChI is InChI=1S/C16H12BrN3O2S/c17-12-6-7-14(21)11(8-12)9-18-19-16-20(15(22)10-23-16)13-4-2-1-3-5-13/h1-9,21H,10H2/b18-9+,19-16+. The first-order valence-corrected chi connectivity index (χ1v) is 8.53. The number of phenols is 1. The van der Waals surface area contributed by atoms with Crippen LogP contribution in [0.3, 0.4) is 0 Å². The summed E-state index contributed by atoms with van der Waals surface area (Å²) in [6, 6.07) is 14.4. The van der Waals surface area contributed by atoms with E-state index in [0.29, 0.717) is 16.5 Å². The highest BCUT2D eigenvalue weighted by Gasteiger charge is 2.29. The fraction of sp³-hybridized carbons (Fsp3) is 0.0625. The molecule has 0 bridgehead atoms. The first-order valence-electron chi connectivity index (χ1n) is 6.75. The molecule has 1 N–H and O–H groups in total. The molecular formula is C16H12BrN3O2S. The van der Waals surface area contributed by atoms with Gasteiger partial charge in [-0.05, 0) is 30.3 Å². The summed E-state index contributed by atoms with van der Waals surface area (Å²) >= 11 is 4.67. The SMILES string of the molecule is O=C1CS/C(=N/N=C/c2cc(Br)ccc2O)N1c1ccccc1. The van der Waals surface area contributed by atoms with E-state index in [0.717, 1.165) is 10.2 Å². The lowest BCUT2D eigenvalue weighted by Gasteiger charge is -2.14. The van der Waals surface area contributed by atoms with E-state index in [4.69, 9.17) is 0 Å². The Morgan fingerprint density at radius 1 is 1.22 bits per heavy atom. The van der Waals surface area contributed by atoms with Crippen LogP contribution in [-0.4, -0.2) is 28.1 Å².